The minimum absolute atomic E-state index is 0.134. The molecule has 2 fully saturated rings. The molecule has 0 radical (unpaired) electrons. The molecule has 6 rings (SSSR count). The lowest BCUT2D eigenvalue weighted by Gasteiger charge is -2.30. The van der Waals surface area contributed by atoms with E-state index in [1.807, 2.05) is 11.8 Å². The first-order valence-corrected chi connectivity index (χ1v) is 12.4. The standard InChI is InChI=1S/C24H21F2N5O2S/c1-15-2-5-18(6-3-15)34(32,33)29-21-14-27-31-11-9-22(28-23(21)31)30-10-8-16-13-24(16,30)19-12-17(25)4-7-20(19)26/h2-7,9,11-12,14,16,29H,8,10,13H2,1H3/t16-,24+/m0/s1. The second-order valence-corrected chi connectivity index (χ2v) is 10.6. The van der Waals surface area contributed by atoms with Gasteiger partial charge in [-0.2, -0.15) is 5.10 Å². The highest BCUT2D eigenvalue weighted by Gasteiger charge is 2.64. The lowest BCUT2D eigenvalue weighted by molar-refractivity contribution is 0.544. The van der Waals surface area contributed by atoms with Gasteiger partial charge in [-0.25, -0.2) is 26.7 Å². The van der Waals surface area contributed by atoms with E-state index < -0.39 is 27.2 Å². The zero-order valence-electron chi connectivity index (χ0n) is 18.2. The first-order chi connectivity index (χ1) is 16.3. The normalized spacial score (nSPS) is 21.6. The van der Waals surface area contributed by atoms with Crippen molar-refractivity contribution < 1.29 is 17.2 Å². The van der Waals surface area contributed by atoms with E-state index in [1.165, 1.54) is 28.9 Å². The van der Waals surface area contributed by atoms with E-state index in [9.17, 15) is 17.2 Å². The molecule has 0 amide bonds. The van der Waals surface area contributed by atoms with E-state index in [0.717, 1.165) is 24.1 Å². The summed E-state index contributed by atoms with van der Waals surface area (Å²) in [6, 6.07) is 11.8. The molecule has 0 unspecified atom stereocenters. The van der Waals surface area contributed by atoms with Gasteiger partial charge in [0.2, 0.25) is 0 Å². The van der Waals surface area contributed by atoms with E-state index >= 15 is 0 Å². The Hall–Kier alpha value is -3.53. The Morgan fingerprint density at radius 1 is 1.12 bits per heavy atom. The second-order valence-electron chi connectivity index (χ2n) is 8.92. The number of aryl methyl sites for hydroxylation is 1. The molecule has 1 saturated carbocycles. The van der Waals surface area contributed by atoms with Gasteiger partial charge in [-0.3, -0.25) is 4.72 Å². The number of nitrogens with zero attached hydrogens (tertiary/aromatic N) is 4. The van der Waals surface area contributed by atoms with Gasteiger partial charge < -0.3 is 4.90 Å². The number of sulfonamides is 1. The van der Waals surface area contributed by atoms with E-state index in [0.29, 0.717) is 30.0 Å². The fraction of sp³-hybridized carbons (Fsp3) is 0.250. The molecule has 2 aromatic carbocycles. The van der Waals surface area contributed by atoms with Crippen molar-refractivity contribution in [3.05, 3.63) is 83.7 Å². The van der Waals surface area contributed by atoms with Crippen LogP contribution in [-0.2, 0) is 15.6 Å². The van der Waals surface area contributed by atoms with Crippen LogP contribution in [-0.4, -0.2) is 29.6 Å². The number of hydrogen-bond acceptors (Lipinski definition) is 5. The molecule has 10 heteroatoms. The van der Waals surface area contributed by atoms with Crippen LogP contribution in [0.1, 0.15) is 24.0 Å². The number of nitrogens with one attached hydrogen (secondary N) is 1. The van der Waals surface area contributed by atoms with Gasteiger partial charge in [0.05, 0.1) is 16.6 Å². The summed E-state index contributed by atoms with van der Waals surface area (Å²) in [5.74, 6) is -0.137. The fourth-order valence-electron chi connectivity index (χ4n) is 5.10. The smallest absolute Gasteiger partial charge is 0.262 e. The third kappa shape index (κ3) is 3.16. The number of aromatic nitrogens is 3. The Morgan fingerprint density at radius 2 is 1.91 bits per heavy atom. The summed E-state index contributed by atoms with van der Waals surface area (Å²) in [6.45, 7) is 2.52. The number of hydrogen-bond donors (Lipinski definition) is 1. The summed E-state index contributed by atoms with van der Waals surface area (Å²) in [5, 5.41) is 4.21. The molecule has 1 saturated heterocycles. The predicted molar refractivity (Wildman–Crippen MR) is 123 cm³/mol. The van der Waals surface area contributed by atoms with Crippen LogP contribution in [0.3, 0.4) is 0 Å². The Balaban J connectivity index is 1.38. The van der Waals surface area contributed by atoms with E-state index in [-0.39, 0.29) is 16.5 Å². The summed E-state index contributed by atoms with van der Waals surface area (Å²) >= 11 is 0. The molecule has 0 spiro atoms. The maximum absolute atomic E-state index is 14.7. The second kappa shape index (κ2) is 7.23. The molecule has 0 bridgehead atoms. The molecule has 3 heterocycles. The van der Waals surface area contributed by atoms with Gasteiger partial charge in [0.25, 0.3) is 10.0 Å². The van der Waals surface area contributed by atoms with Gasteiger partial charge in [0.1, 0.15) is 23.1 Å². The van der Waals surface area contributed by atoms with Gasteiger partial charge in [0.15, 0.2) is 5.65 Å². The Labute approximate surface area is 195 Å². The molecule has 1 aliphatic carbocycles. The molecule has 34 heavy (non-hydrogen) atoms. The third-order valence-corrected chi connectivity index (χ3v) is 8.24. The molecule has 174 valence electrons. The number of fused-ring (bicyclic) bond motifs is 2. The van der Waals surface area contributed by atoms with Crippen molar-refractivity contribution >= 4 is 27.2 Å². The first kappa shape index (κ1) is 21.0. The van der Waals surface area contributed by atoms with Gasteiger partial charge in [-0.05, 0) is 62.1 Å². The van der Waals surface area contributed by atoms with Crippen molar-refractivity contribution in [2.24, 2.45) is 5.92 Å². The van der Waals surface area contributed by atoms with Crippen LogP contribution in [0, 0.1) is 24.5 Å². The van der Waals surface area contributed by atoms with E-state index in [1.54, 1.807) is 24.4 Å². The number of halogens is 2. The van der Waals surface area contributed by atoms with Gasteiger partial charge in [0, 0.05) is 18.3 Å². The number of piperidine rings is 1. The maximum atomic E-state index is 14.7. The monoisotopic (exact) mass is 481 g/mol. The molecule has 2 atom stereocenters. The van der Waals surface area contributed by atoms with Crippen molar-refractivity contribution in [3.63, 3.8) is 0 Å². The summed E-state index contributed by atoms with van der Waals surface area (Å²) < 4.78 is 58.5. The summed E-state index contributed by atoms with van der Waals surface area (Å²) in [7, 11) is -3.84. The molecule has 1 N–H and O–H groups in total. The van der Waals surface area contributed by atoms with Gasteiger partial charge in [-0.1, -0.05) is 17.7 Å². The van der Waals surface area contributed by atoms with Crippen molar-refractivity contribution in [1.29, 1.82) is 0 Å². The first-order valence-electron chi connectivity index (χ1n) is 10.9. The average Bonchev–Trinajstić information content (AvgIpc) is 3.22. The van der Waals surface area contributed by atoms with Crippen molar-refractivity contribution in [2.75, 3.05) is 16.2 Å². The highest BCUT2D eigenvalue weighted by molar-refractivity contribution is 7.92. The molecular formula is C24H21F2N5O2S. The lowest BCUT2D eigenvalue weighted by Crippen LogP contribution is -2.34. The Morgan fingerprint density at radius 3 is 2.68 bits per heavy atom. The zero-order valence-corrected chi connectivity index (χ0v) is 19.1. The van der Waals surface area contributed by atoms with Crippen molar-refractivity contribution in [2.45, 2.75) is 30.2 Å². The highest BCUT2D eigenvalue weighted by Crippen LogP contribution is 2.63. The number of rotatable bonds is 5. The molecule has 7 nitrogen and oxygen atoms in total. The van der Waals surface area contributed by atoms with Crippen molar-refractivity contribution in [3.8, 4) is 0 Å². The lowest BCUT2D eigenvalue weighted by atomic mass is 10.0. The summed E-state index contributed by atoms with van der Waals surface area (Å²) in [5.41, 5.74) is 1.21. The van der Waals surface area contributed by atoms with Crippen LogP contribution in [0.25, 0.3) is 5.65 Å². The van der Waals surface area contributed by atoms with E-state index in [2.05, 4.69) is 9.82 Å². The van der Waals surface area contributed by atoms with Crippen LogP contribution < -0.4 is 9.62 Å². The van der Waals surface area contributed by atoms with Crippen molar-refractivity contribution in [1.82, 2.24) is 14.6 Å². The zero-order chi connectivity index (χ0) is 23.7. The molecule has 1 aliphatic heterocycles. The number of anilines is 2. The van der Waals surface area contributed by atoms with Gasteiger partial charge >= 0.3 is 0 Å². The van der Waals surface area contributed by atoms with Crippen LogP contribution in [0.5, 0.6) is 0 Å². The third-order valence-electron chi connectivity index (χ3n) is 6.86. The van der Waals surface area contributed by atoms with Crippen LogP contribution in [0.15, 0.2) is 65.8 Å². The minimum Gasteiger partial charge on any atom is -0.346 e. The SMILES string of the molecule is Cc1ccc(S(=O)(=O)Nc2cnn3ccc(N4CC[C@H]5C[C@]54c4cc(F)ccc4F)nc23)cc1. The largest absolute Gasteiger partial charge is 0.346 e. The molecular weight excluding hydrogens is 460 g/mol. The summed E-state index contributed by atoms with van der Waals surface area (Å²) in [6.07, 6.45) is 4.65. The van der Waals surface area contributed by atoms with E-state index in [4.69, 9.17) is 4.98 Å². The van der Waals surface area contributed by atoms with Crippen LogP contribution in [0.2, 0.25) is 0 Å². The minimum atomic E-state index is -3.84. The quantitative estimate of drug-likeness (QED) is 0.461. The molecule has 2 aliphatic rings. The highest BCUT2D eigenvalue weighted by atomic mass is 32.2. The van der Waals surface area contributed by atoms with Crippen LogP contribution >= 0.6 is 0 Å². The van der Waals surface area contributed by atoms with Crippen LogP contribution in [0.4, 0.5) is 20.3 Å². The summed E-state index contributed by atoms with van der Waals surface area (Å²) in [4.78, 5) is 6.83. The maximum Gasteiger partial charge on any atom is 0.262 e. The number of benzene rings is 2. The predicted octanol–water partition coefficient (Wildman–Crippen LogP) is 4.24. The average molecular weight is 482 g/mol. The fourth-order valence-corrected chi connectivity index (χ4v) is 6.14. The molecule has 4 aromatic rings. The van der Waals surface area contributed by atoms with Gasteiger partial charge in [-0.15, -0.1) is 0 Å². The Bertz CT molecular complexity index is 1540. The Kier molecular flexibility index (Phi) is 4.47. The molecule has 2 aromatic heterocycles. The topological polar surface area (TPSA) is 79.6 Å².